The van der Waals surface area contributed by atoms with Gasteiger partial charge < -0.3 is 13.9 Å². The summed E-state index contributed by atoms with van der Waals surface area (Å²) in [5.74, 6) is 1.50. The molecule has 3 heterocycles. The minimum atomic E-state index is -0.346. The van der Waals surface area contributed by atoms with Crippen molar-refractivity contribution in [2.45, 2.75) is 45.4 Å². The van der Waals surface area contributed by atoms with Crippen molar-refractivity contribution in [3.05, 3.63) is 47.0 Å². The fourth-order valence-corrected chi connectivity index (χ4v) is 3.20. The number of fused-ring (bicyclic) bond motifs is 1. The Balaban J connectivity index is 1.64. The lowest BCUT2D eigenvalue weighted by Crippen LogP contribution is -2.26. The molecule has 0 aliphatic carbocycles. The molecule has 6 nitrogen and oxygen atoms in total. The molecule has 1 fully saturated rings. The first-order valence-electron chi connectivity index (χ1n) is 9.05. The Hall–Kier alpha value is -2.60. The van der Waals surface area contributed by atoms with Crippen molar-refractivity contribution in [3.8, 4) is 17.1 Å². The Morgan fingerprint density at radius 2 is 2.08 bits per heavy atom. The minimum absolute atomic E-state index is 0.163. The van der Waals surface area contributed by atoms with E-state index in [9.17, 15) is 4.79 Å². The molecule has 6 heteroatoms. The van der Waals surface area contributed by atoms with Gasteiger partial charge in [0.25, 0.3) is 0 Å². The van der Waals surface area contributed by atoms with Gasteiger partial charge in [0.05, 0.1) is 18.1 Å². The van der Waals surface area contributed by atoms with Gasteiger partial charge in [0.2, 0.25) is 5.71 Å². The van der Waals surface area contributed by atoms with Crippen LogP contribution < -0.4 is 10.4 Å². The Kier molecular flexibility index (Phi) is 4.51. The van der Waals surface area contributed by atoms with Crippen molar-refractivity contribution in [1.82, 2.24) is 9.55 Å². The molecule has 2 aromatic heterocycles. The van der Waals surface area contributed by atoms with Crippen LogP contribution in [0.4, 0.5) is 0 Å². The highest BCUT2D eigenvalue weighted by Crippen LogP contribution is 2.30. The van der Waals surface area contributed by atoms with Crippen LogP contribution in [0.3, 0.4) is 0 Å². The molecule has 2 atom stereocenters. The molecule has 0 bridgehead atoms. The number of hydrogen-bond donors (Lipinski definition) is 0. The summed E-state index contributed by atoms with van der Waals surface area (Å²) < 4.78 is 18.7. The first-order chi connectivity index (χ1) is 12.6. The minimum Gasteiger partial charge on any atom is -0.494 e. The second-order valence-electron chi connectivity index (χ2n) is 6.65. The van der Waals surface area contributed by atoms with E-state index < -0.39 is 0 Å². The lowest BCUT2D eigenvalue weighted by atomic mass is 10.1. The van der Waals surface area contributed by atoms with Crippen molar-refractivity contribution in [2.24, 2.45) is 0 Å². The third-order valence-electron chi connectivity index (χ3n) is 4.57. The van der Waals surface area contributed by atoms with E-state index in [4.69, 9.17) is 13.9 Å². The Bertz CT molecular complexity index is 958. The van der Waals surface area contributed by atoms with E-state index in [-0.39, 0.29) is 18.0 Å². The largest absolute Gasteiger partial charge is 0.494 e. The van der Waals surface area contributed by atoms with Crippen LogP contribution in [0.25, 0.3) is 22.4 Å². The molecule has 0 spiro atoms. The molecule has 0 saturated carbocycles. The number of nitrogens with zero attached hydrogens (tertiary/aromatic N) is 2. The van der Waals surface area contributed by atoms with Crippen molar-refractivity contribution in [1.29, 1.82) is 0 Å². The van der Waals surface area contributed by atoms with Gasteiger partial charge in [0.15, 0.2) is 0 Å². The molecule has 26 heavy (non-hydrogen) atoms. The standard InChI is InChI=1S/C20H22N2O4/c1-3-10-24-16-7-5-14(6-8-16)17-11-15-12-22(18-9-4-13(2)25-18)20(23)21-19(15)26-17/h5-8,11-13,18H,3-4,9-10H2,1-2H3/t13?,18-/m1/s1. The molecular formula is C20H22N2O4. The van der Waals surface area contributed by atoms with Crippen molar-refractivity contribution < 1.29 is 13.9 Å². The molecule has 3 aromatic rings. The Labute approximate surface area is 151 Å². The maximum atomic E-state index is 12.3. The van der Waals surface area contributed by atoms with Crippen LogP contribution in [0.5, 0.6) is 5.75 Å². The van der Waals surface area contributed by atoms with Crippen molar-refractivity contribution >= 4 is 11.1 Å². The first-order valence-corrected chi connectivity index (χ1v) is 9.05. The summed E-state index contributed by atoms with van der Waals surface area (Å²) in [6, 6.07) is 9.61. The smallest absolute Gasteiger partial charge is 0.353 e. The second kappa shape index (κ2) is 6.96. The highest BCUT2D eigenvalue weighted by Gasteiger charge is 2.25. The fraction of sp³-hybridized carbons (Fsp3) is 0.400. The lowest BCUT2D eigenvalue weighted by molar-refractivity contribution is 0.00828. The van der Waals surface area contributed by atoms with Crippen LogP contribution in [0, 0.1) is 0 Å². The van der Waals surface area contributed by atoms with Crippen LogP contribution >= 0.6 is 0 Å². The number of benzene rings is 1. The predicted molar refractivity (Wildman–Crippen MR) is 98.3 cm³/mol. The van der Waals surface area contributed by atoms with Crippen LogP contribution in [-0.2, 0) is 4.74 Å². The molecule has 136 valence electrons. The lowest BCUT2D eigenvalue weighted by Gasteiger charge is -2.13. The topological polar surface area (TPSA) is 66.5 Å². The summed E-state index contributed by atoms with van der Waals surface area (Å²) in [6.45, 7) is 4.78. The van der Waals surface area contributed by atoms with Gasteiger partial charge in [-0.3, -0.25) is 4.57 Å². The molecule has 1 saturated heterocycles. The first kappa shape index (κ1) is 16.8. The van der Waals surface area contributed by atoms with Crippen LogP contribution in [0.1, 0.15) is 39.3 Å². The van der Waals surface area contributed by atoms with E-state index in [0.717, 1.165) is 36.0 Å². The summed E-state index contributed by atoms with van der Waals surface area (Å²) in [5, 5.41) is 0.786. The maximum absolute atomic E-state index is 12.3. The van der Waals surface area contributed by atoms with Crippen molar-refractivity contribution in [3.63, 3.8) is 0 Å². The quantitative estimate of drug-likeness (QED) is 0.689. The van der Waals surface area contributed by atoms with E-state index in [0.29, 0.717) is 18.1 Å². The van der Waals surface area contributed by atoms with E-state index in [2.05, 4.69) is 11.9 Å². The Morgan fingerprint density at radius 1 is 1.27 bits per heavy atom. The summed E-state index contributed by atoms with van der Waals surface area (Å²) in [4.78, 5) is 16.4. The predicted octanol–water partition coefficient (Wildman–Crippen LogP) is 4.14. The number of rotatable bonds is 5. The summed E-state index contributed by atoms with van der Waals surface area (Å²) in [7, 11) is 0. The molecular weight excluding hydrogens is 332 g/mol. The van der Waals surface area contributed by atoms with Gasteiger partial charge in [0.1, 0.15) is 17.7 Å². The maximum Gasteiger partial charge on any atom is 0.353 e. The van der Waals surface area contributed by atoms with E-state index >= 15 is 0 Å². The molecule has 1 aliphatic heterocycles. The molecule has 4 rings (SSSR count). The molecule has 0 radical (unpaired) electrons. The van der Waals surface area contributed by atoms with Crippen LogP contribution in [0.15, 0.2) is 45.7 Å². The average Bonchev–Trinajstić information content (AvgIpc) is 3.25. The fourth-order valence-electron chi connectivity index (χ4n) is 3.20. The van der Waals surface area contributed by atoms with Gasteiger partial charge in [-0.2, -0.15) is 4.98 Å². The normalized spacial score (nSPS) is 19.9. The molecule has 1 aliphatic rings. The summed E-state index contributed by atoms with van der Waals surface area (Å²) in [6.07, 6.45) is 4.42. The molecule has 0 N–H and O–H groups in total. The van der Waals surface area contributed by atoms with Crippen LogP contribution in [0.2, 0.25) is 0 Å². The summed E-state index contributed by atoms with van der Waals surface area (Å²) >= 11 is 0. The van der Waals surface area contributed by atoms with Gasteiger partial charge >= 0.3 is 5.69 Å². The zero-order valence-corrected chi connectivity index (χ0v) is 15.0. The monoisotopic (exact) mass is 354 g/mol. The zero-order valence-electron chi connectivity index (χ0n) is 15.0. The van der Waals surface area contributed by atoms with Crippen molar-refractivity contribution in [2.75, 3.05) is 6.61 Å². The highest BCUT2D eigenvalue weighted by molar-refractivity contribution is 5.79. The van der Waals surface area contributed by atoms with Gasteiger partial charge in [0, 0.05) is 11.8 Å². The van der Waals surface area contributed by atoms with E-state index in [1.165, 1.54) is 0 Å². The zero-order chi connectivity index (χ0) is 18.1. The van der Waals surface area contributed by atoms with E-state index in [1.54, 1.807) is 10.8 Å². The number of ether oxygens (including phenoxy) is 2. The third-order valence-corrected chi connectivity index (χ3v) is 4.57. The van der Waals surface area contributed by atoms with E-state index in [1.807, 2.05) is 37.3 Å². The SMILES string of the molecule is CCCOc1ccc(-c2cc3cn([C@H]4CCC(C)O4)c(=O)nc3o2)cc1. The average molecular weight is 354 g/mol. The summed E-state index contributed by atoms with van der Waals surface area (Å²) in [5.41, 5.74) is 0.913. The van der Waals surface area contributed by atoms with Gasteiger partial charge in [-0.15, -0.1) is 0 Å². The van der Waals surface area contributed by atoms with Gasteiger partial charge in [-0.05, 0) is 56.5 Å². The number of hydrogen-bond acceptors (Lipinski definition) is 5. The Morgan fingerprint density at radius 3 is 2.77 bits per heavy atom. The number of aromatic nitrogens is 2. The third kappa shape index (κ3) is 3.24. The van der Waals surface area contributed by atoms with Gasteiger partial charge in [-0.25, -0.2) is 4.79 Å². The number of furan rings is 1. The highest BCUT2D eigenvalue weighted by atomic mass is 16.5. The molecule has 1 aromatic carbocycles. The second-order valence-corrected chi connectivity index (χ2v) is 6.65. The van der Waals surface area contributed by atoms with Gasteiger partial charge in [-0.1, -0.05) is 6.92 Å². The molecule has 1 unspecified atom stereocenters. The molecule has 0 amide bonds. The van der Waals surface area contributed by atoms with Crippen LogP contribution in [-0.4, -0.2) is 22.3 Å².